The van der Waals surface area contributed by atoms with E-state index in [1.54, 1.807) is 0 Å². The number of hydrogen-bond acceptors (Lipinski definition) is 3. The fourth-order valence-corrected chi connectivity index (χ4v) is 2.70. The number of nitrogens with zero attached hydrogens (tertiary/aromatic N) is 1. The fourth-order valence-electron chi connectivity index (χ4n) is 2.70. The summed E-state index contributed by atoms with van der Waals surface area (Å²) < 4.78 is 5.59. The van der Waals surface area contributed by atoms with Crippen molar-refractivity contribution in [3.63, 3.8) is 0 Å². The SMILES string of the molecule is CCCCC(CC)CC1COCCN1CCO. The third kappa shape index (κ3) is 5.36. The molecule has 1 aliphatic rings. The molecule has 0 radical (unpaired) electrons. The van der Waals surface area contributed by atoms with Gasteiger partial charge in [-0.25, -0.2) is 0 Å². The van der Waals surface area contributed by atoms with E-state index < -0.39 is 0 Å². The van der Waals surface area contributed by atoms with Gasteiger partial charge in [-0.3, -0.25) is 4.90 Å². The highest BCUT2D eigenvalue weighted by atomic mass is 16.5. The van der Waals surface area contributed by atoms with Crippen molar-refractivity contribution in [2.24, 2.45) is 5.92 Å². The monoisotopic (exact) mass is 243 g/mol. The van der Waals surface area contributed by atoms with Crippen molar-refractivity contribution in [1.82, 2.24) is 4.90 Å². The molecule has 102 valence electrons. The Morgan fingerprint density at radius 2 is 2.24 bits per heavy atom. The van der Waals surface area contributed by atoms with Crippen LogP contribution in [-0.2, 0) is 4.74 Å². The number of unbranched alkanes of at least 4 members (excludes halogenated alkanes) is 1. The molecule has 1 fully saturated rings. The zero-order valence-corrected chi connectivity index (χ0v) is 11.5. The van der Waals surface area contributed by atoms with Crippen LogP contribution >= 0.6 is 0 Å². The van der Waals surface area contributed by atoms with Crippen LogP contribution in [0.4, 0.5) is 0 Å². The summed E-state index contributed by atoms with van der Waals surface area (Å²) in [6, 6.07) is 0.526. The zero-order chi connectivity index (χ0) is 12.5. The summed E-state index contributed by atoms with van der Waals surface area (Å²) in [6.07, 6.45) is 6.47. The third-order valence-corrected chi connectivity index (χ3v) is 3.89. The van der Waals surface area contributed by atoms with E-state index in [1.807, 2.05) is 0 Å². The average Bonchev–Trinajstić information content (AvgIpc) is 2.36. The number of rotatable bonds is 8. The molecular weight excluding hydrogens is 214 g/mol. The Morgan fingerprint density at radius 3 is 2.88 bits per heavy atom. The summed E-state index contributed by atoms with van der Waals surface area (Å²) in [4.78, 5) is 2.40. The first-order chi connectivity index (χ1) is 8.31. The summed E-state index contributed by atoms with van der Waals surface area (Å²) in [5.74, 6) is 0.822. The highest BCUT2D eigenvalue weighted by Crippen LogP contribution is 2.22. The van der Waals surface area contributed by atoms with Gasteiger partial charge in [-0.2, -0.15) is 0 Å². The van der Waals surface area contributed by atoms with Crippen LogP contribution in [0.3, 0.4) is 0 Å². The number of β-amino-alcohol motifs (C(OH)–C–C–N with tert-alkyl or cyclic N) is 1. The van der Waals surface area contributed by atoms with Crippen LogP contribution in [0.1, 0.15) is 46.0 Å². The van der Waals surface area contributed by atoms with E-state index in [1.165, 1.54) is 32.1 Å². The van der Waals surface area contributed by atoms with E-state index >= 15 is 0 Å². The molecule has 1 rings (SSSR count). The van der Waals surface area contributed by atoms with Crippen LogP contribution in [-0.4, -0.2) is 49.0 Å². The van der Waals surface area contributed by atoms with Gasteiger partial charge < -0.3 is 9.84 Å². The van der Waals surface area contributed by atoms with Crippen molar-refractivity contribution in [1.29, 1.82) is 0 Å². The molecule has 0 bridgehead atoms. The number of ether oxygens (including phenoxy) is 1. The van der Waals surface area contributed by atoms with Crippen LogP contribution in [0.5, 0.6) is 0 Å². The Kier molecular flexibility index (Phi) is 7.82. The van der Waals surface area contributed by atoms with Gasteiger partial charge in [0.1, 0.15) is 0 Å². The summed E-state index contributed by atoms with van der Waals surface area (Å²) in [6.45, 7) is 8.27. The van der Waals surface area contributed by atoms with Gasteiger partial charge in [0.2, 0.25) is 0 Å². The first-order valence-corrected chi connectivity index (χ1v) is 7.24. The predicted molar refractivity (Wildman–Crippen MR) is 71.2 cm³/mol. The van der Waals surface area contributed by atoms with Gasteiger partial charge in [-0.15, -0.1) is 0 Å². The van der Waals surface area contributed by atoms with Crippen molar-refractivity contribution in [3.05, 3.63) is 0 Å². The minimum Gasteiger partial charge on any atom is -0.395 e. The molecule has 0 spiro atoms. The lowest BCUT2D eigenvalue weighted by molar-refractivity contribution is -0.0224. The van der Waals surface area contributed by atoms with Gasteiger partial charge in [0.15, 0.2) is 0 Å². The molecule has 0 aromatic heterocycles. The third-order valence-electron chi connectivity index (χ3n) is 3.89. The van der Waals surface area contributed by atoms with Crippen molar-refractivity contribution >= 4 is 0 Å². The Bertz CT molecular complexity index is 185. The maximum absolute atomic E-state index is 9.09. The lowest BCUT2D eigenvalue weighted by atomic mass is 9.91. The maximum atomic E-state index is 9.09. The highest BCUT2D eigenvalue weighted by Gasteiger charge is 2.24. The van der Waals surface area contributed by atoms with Gasteiger partial charge in [0, 0.05) is 19.1 Å². The van der Waals surface area contributed by atoms with E-state index in [4.69, 9.17) is 9.84 Å². The van der Waals surface area contributed by atoms with Gasteiger partial charge in [0.25, 0.3) is 0 Å². The second-order valence-corrected chi connectivity index (χ2v) is 5.14. The van der Waals surface area contributed by atoms with E-state index in [2.05, 4.69) is 18.7 Å². The second-order valence-electron chi connectivity index (χ2n) is 5.14. The molecular formula is C14H29NO2. The lowest BCUT2D eigenvalue weighted by Gasteiger charge is -2.37. The van der Waals surface area contributed by atoms with Gasteiger partial charge in [-0.1, -0.05) is 39.5 Å². The smallest absolute Gasteiger partial charge is 0.0622 e. The summed E-state index contributed by atoms with van der Waals surface area (Å²) in [7, 11) is 0. The number of aliphatic hydroxyl groups excluding tert-OH is 1. The molecule has 17 heavy (non-hydrogen) atoms. The Hall–Kier alpha value is -0.120. The van der Waals surface area contributed by atoms with Crippen molar-refractivity contribution in [3.8, 4) is 0 Å². The maximum Gasteiger partial charge on any atom is 0.0622 e. The van der Waals surface area contributed by atoms with E-state index in [9.17, 15) is 0 Å². The lowest BCUT2D eigenvalue weighted by Crippen LogP contribution is -2.47. The van der Waals surface area contributed by atoms with Crippen molar-refractivity contribution < 1.29 is 9.84 Å². The zero-order valence-electron chi connectivity index (χ0n) is 11.5. The first kappa shape index (κ1) is 14.9. The molecule has 0 aromatic carbocycles. The average molecular weight is 243 g/mol. The van der Waals surface area contributed by atoms with Crippen molar-refractivity contribution in [2.75, 3.05) is 32.9 Å². The quantitative estimate of drug-likeness (QED) is 0.710. The number of morpholine rings is 1. The largest absolute Gasteiger partial charge is 0.395 e. The molecule has 3 nitrogen and oxygen atoms in total. The molecule has 1 N–H and O–H groups in total. The van der Waals surface area contributed by atoms with Gasteiger partial charge in [0.05, 0.1) is 19.8 Å². The highest BCUT2D eigenvalue weighted by molar-refractivity contribution is 4.78. The fraction of sp³-hybridized carbons (Fsp3) is 1.00. The molecule has 0 aromatic rings. The van der Waals surface area contributed by atoms with Crippen LogP contribution in [0, 0.1) is 5.92 Å². The van der Waals surface area contributed by atoms with Gasteiger partial charge >= 0.3 is 0 Å². The molecule has 1 aliphatic heterocycles. The normalized spacial score (nSPS) is 23.8. The second kappa shape index (κ2) is 8.90. The van der Waals surface area contributed by atoms with E-state index in [-0.39, 0.29) is 6.61 Å². The number of hydrogen-bond donors (Lipinski definition) is 1. The number of aliphatic hydroxyl groups is 1. The van der Waals surface area contributed by atoms with Crippen LogP contribution in [0.2, 0.25) is 0 Å². The van der Waals surface area contributed by atoms with E-state index in [0.29, 0.717) is 6.04 Å². The first-order valence-electron chi connectivity index (χ1n) is 7.24. The minimum atomic E-state index is 0.266. The molecule has 2 atom stereocenters. The standard InChI is InChI=1S/C14H29NO2/c1-3-5-6-13(4-2)11-14-12-17-10-8-15(14)7-9-16/h13-14,16H,3-12H2,1-2H3. The summed E-state index contributed by atoms with van der Waals surface area (Å²) >= 11 is 0. The molecule has 0 aliphatic carbocycles. The topological polar surface area (TPSA) is 32.7 Å². The molecule has 1 heterocycles. The van der Waals surface area contributed by atoms with Crippen LogP contribution in [0.15, 0.2) is 0 Å². The summed E-state index contributed by atoms with van der Waals surface area (Å²) in [5.41, 5.74) is 0. The molecule has 3 heteroatoms. The molecule has 1 saturated heterocycles. The minimum absolute atomic E-state index is 0.266. The Balaban J connectivity index is 2.38. The van der Waals surface area contributed by atoms with Crippen molar-refractivity contribution in [2.45, 2.75) is 52.0 Å². The molecule has 0 amide bonds. The van der Waals surface area contributed by atoms with Crippen LogP contribution in [0.25, 0.3) is 0 Å². The van der Waals surface area contributed by atoms with Crippen LogP contribution < -0.4 is 0 Å². The molecule has 2 unspecified atom stereocenters. The Morgan fingerprint density at radius 1 is 1.41 bits per heavy atom. The van der Waals surface area contributed by atoms with Gasteiger partial charge in [-0.05, 0) is 12.3 Å². The Labute approximate surface area is 106 Å². The van der Waals surface area contributed by atoms with E-state index in [0.717, 1.165) is 32.2 Å². The predicted octanol–water partition coefficient (Wildman–Crippen LogP) is 2.29. The molecule has 0 saturated carbocycles. The summed E-state index contributed by atoms with van der Waals surface area (Å²) in [5, 5.41) is 9.09.